The Balaban J connectivity index is 2.34. The summed E-state index contributed by atoms with van der Waals surface area (Å²) in [6.45, 7) is 3.56. The number of nitrogens with one attached hydrogen (secondary N) is 2. The van der Waals surface area contributed by atoms with Crippen molar-refractivity contribution in [1.82, 2.24) is 19.8 Å². The van der Waals surface area contributed by atoms with Crippen molar-refractivity contribution in [3.05, 3.63) is 11.3 Å². The number of nitrogens with zero attached hydrogens (tertiary/aromatic N) is 2. The van der Waals surface area contributed by atoms with E-state index in [1.165, 1.54) is 0 Å². The molecule has 1 aliphatic heterocycles. The van der Waals surface area contributed by atoms with Crippen LogP contribution < -0.4 is 5.32 Å². The Morgan fingerprint density at radius 2 is 2.00 bits per heavy atom. The molecule has 102 valence electrons. The average molecular weight is 272 g/mol. The second-order valence-electron chi connectivity index (χ2n) is 4.63. The van der Waals surface area contributed by atoms with Crippen LogP contribution in [0.3, 0.4) is 0 Å². The highest BCUT2D eigenvalue weighted by Crippen LogP contribution is 2.23. The Kier molecular flexibility index (Phi) is 4.04. The van der Waals surface area contributed by atoms with Gasteiger partial charge in [-0.3, -0.25) is 5.10 Å². The van der Waals surface area contributed by atoms with E-state index >= 15 is 0 Å². The first-order chi connectivity index (χ1) is 8.57. The molecule has 7 heteroatoms. The van der Waals surface area contributed by atoms with Gasteiger partial charge in [-0.1, -0.05) is 6.42 Å². The number of piperidine rings is 1. The largest absolute Gasteiger partial charge is 0.316 e. The molecule has 0 atom stereocenters. The van der Waals surface area contributed by atoms with Gasteiger partial charge in [0.15, 0.2) is 5.03 Å². The second-order valence-corrected chi connectivity index (χ2v) is 6.48. The SMILES string of the molecule is CNCc1c(S(=O)(=O)N2CCCCC2)n[nH]c1C. The fourth-order valence-electron chi connectivity index (χ4n) is 2.26. The summed E-state index contributed by atoms with van der Waals surface area (Å²) < 4.78 is 26.6. The minimum Gasteiger partial charge on any atom is -0.316 e. The van der Waals surface area contributed by atoms with Crippen LogP contribution in [-0.4, -0.2) is 43.1 Å². The Labute approximate surface area is 108 Å². The van der Waals surface area contributed by atoms with Crippen LogP contribution in [-0.2, 0) is 16.6 Å². The molecule has 0 aliphatic carbocycles. The molecule has 6 nitrogen and oxygen atoms in total. The summed E-state index contributed by atoms with van der Waals surface area (Å²) in [5.74, 6) is 0. The second kappa shape index (κ2) is 5.38. The van der Waals surface area contributed by atoms with E-state index in [1.807, 2.05) is 6.92 Å². The van der Waals surface area contributed by atoms with Crippen LogP contribution in [0, 0.1) is 6.92 Å². The third-order valence-electron chi connectivity index (χ3n) is 3.29. The van der Waals surface area contributed by atoms with Gasteiger partial charge in [-0.15, -0.1) is 0 Å². The monoisotopic (exact) mass is 272 g/mol. The molecule has 0 radical (unpaired) electrons. The number of rotatable bonds is 4. The number of hydrogen-bond acceptors (Lipinski definition) is 4. The van der Waals surface area contributed by atoms with Crippen LogP contribution in [0.15, 0.2) is 5.03 Å². The third-order valence-corrected chi connectivity index (χ3v) is 5.16. The first kappa shape index (κ1) is 13.5. The van der Waals surface area contributed by atoms with Gasteiger partial charge in [-0.2, -0.15) is 9.40 Å². The number of sulfonamides is 1. The third kappa shape index (κ3) is 2.43. The molecule has 18 heavy (non-hydrogen) atoms. The number of aryl methyl sites for hydroxylation is 1. The highest BCUT2D eigenvalue weighted by molar-refractivity contribution is 7.89. The molecule has 1 fully saturated rings. The van der Waals surface area contributed by atoms with Gasteiger partial charge in [-0.05, 0) is 26.8 Å². The number of aromatic amines is 1. The minimum atomic E-state index is -3.44. The van der Waals surface area contributed by atoms with Gasteiger partial charge in [0.25, 0.3) is 10.0 Å². The molecule has 1 saturated heterocycles. The van der Waals surface area contributed by atoms with Gasteiger partial charge in [0.2, 0.25) is 0 Å². The van der Waals surface area contributed by atoms with Crippen molar-refractivity contribution in [2.24, 2.45) is 0 Å². The van der Waals surface area contributed by atoms with Crippen molar-refractivity contribution in [2.75, 3.05) is 20.1 Å². The molecule has 1 aliphatic rings. The predicted molar refractivity (Wildman–Crippen MR) is 68.7 cm³/mol. The lowest BCUT2D eigenvalue weighted by atomic mass is 10.2. The van der Waals surface area contributed by atoms with Crippen molar-refractivity contribution in [2.45, 2.75) is 37.8 Å². The molecule has 2 heterocycles. The Morgan fingerprint density at radius 1 is 1.33 bits per heavy atom. The van der Waals surface area contributed by atoms with Crippen molar-refractivity contribution in [3.63, 3.8) is 0 Å². The summed E-state index contributed by atoms with van der Waals surface area (Å²) in [5.41, 5.74) is 1.54. The van der Waals surface area contributed by atoms with E-state index < -0.39 is 10.0 Å². The van der Waals surface area contributed by atoms with Crippen LogP contribution in [0.4, 0.5) is 0 Å². The molecule has 2 rings (SSSR count). The molecule has 0 spiro atoms. The van der Waals surface area contributed by atoms with Crippen LogP contribution in [0.2, 0.25) is 0 Å². The zero-order chi connectivity index (χ0) is 13.2. The summed E-state index contributed by atoms with van der Waals surface area (Å²) in [4.78, 5) is 0. The number of aromatic nitrogens is 2. The van der Waals surface area contributed by atoms with E-state index in [1.54, 1.807) is 11.4 Å². The van der Waals surface area contributed by atoms with E-state index in [9.17, 15) is 8.42 Å². The van der Waals surface area contributed by atoms with Gasteiger partial charge in [0.05, 0.1) is 0 Å². The van der Waals surface area contributed by atoms with E-state index in [4.69, 9.17) is 0 Å². The van der Waals surface area contributed by atoms with Crippen molar-refractivity contribution in [1.29, 1.82) is 0 Å². The zero-order valence-corrected chi connectivity index (χ0v) is 11.7. The molecular formula is C11H20N4O2S. The van der Waals surface area contributed by atoms with Crippen LogP contribution in [0.25, 0.3) is 0 Å². The molecule has 0 unspecified atom stereocenters. The highest BCUT2D eigenvalue weighted by Gasteiger charge is 2.31. The fraction of sp³-hybridized carbons (Fsp3) is 0.727. The normalized spacial score (nSPS) is 18.1. The lowest BCUT2D eigenvalue weighted by molar-refractivity contribution is 0.345. The first-order valence-electron chi connectivity index (χ1n) is 6.26. The fourth-order valence-corrected chi connectivity index (χ4v) is 3.94. The maximum atomic E-state index is 12.5. The molecule has 1 aromatic rings. The van der Waals surface area contributed by atoms with Gasteiger partial charge < -0.3 is 5.32 Å². The molecule has 0 bridgehead atoms. The summed E-state index contributed by atoms with van der Waals surface area (Å²) in [5, 5.41) is 9.92. The molecule has 1 aromatic heterocycles. The predicted octanol–water partition coefficient (Wildman–Crippen LogP) is 0.612. The van der Waals surface area contributed by atoms with Crippen molar-refractivity contribution in [3.8, 4) is 0 Å². The summed E-state index contributed by atoms with van der Waals surface area (Å²) in [6, 6.07) is 0. The standard InChI is InChI=1S/C11H20N4O2S/c1-9-10(8-12-2)11(14-13-9)18(16,17)15-6-4-3-5-7-15/h12H,3-8H2,1-2H3,(H,13,14). The summed E-state index contributed by atoms with van der Waals surface area (Å²) in [7, 11) is -1.65. The van der Waals surface area contributed by atoms with Crippen molar-refractivity contribution < 1.29 is 8.42 Å². The minimum absolute atomic E-state index is 0.177. The van der Waals surface area contributed by atoms with Crippen LogP contribution in [0.1, 0.15) is 30.5 Å². The maximum Gasteiger partial charge on any atom is 0.262 e. The Hall–Kier alpha value is -0.920. The van der Waals surface area contributed by atoms with E-state index in [2.05, 4.69) is 15.5 Å². The van der Waals surface area contributed by atoms with Gasteiger partial charge in [0, 0.05) is 30.9 Å². The van der Waals surface area contributed by atoms with Gasteiger partial charge in [0.1, 0.15) is 0 Å². The van der Waals surface area contributed by atoms with E-state index in [0.29, 0.717) is 19.6 Å². The topological polar surface area (TPSA) is 78.1 Å². The van der Waals surface area contributed by atoms with Crippen LogP contribution in [0.5, 0.6) is 0 Å². The van der Waals surface area contributed by atoms with Gasteiger partial charge >= 0.3 is 0 Å². The highest BCUT2D eigenvalue weighted by atomic mass is 32.2. The average Bonchev–Trinajstić information content (AvgIpc) is 2.73. The molecule has 0 amide bonds. The molecule has 0 aromatic carbocycles. The lowest BCUT2D eigenvalue weighted by Crippen LogP contribution is -2.36. The smallest absolute Gasteiger partial charge is 0.262 e. The zero-order valence-electron chi connectivity index (χ0n) is 10.9. The number of H-pyrrole nitrogens is 1. The Bertz CT molecular complexity index is 503. The van der Waals surface area contributed by atoms with Gasteiger partial charge in [-0.25, -0.2) is 8.42 Å². The molecule has 2 N–H and O–H groups in total. The van der Waals surface area contributed by atoms with E-state index in [-0.39, 0.29) is 5.03 Å². The summed E-state index contributed by atoms with van der Waals surface area (Å²) in [6.07, 6.45) is 2.98. The molecule has 0 saturated carbocycles. The number of hydrogen-bond donors (Lipinski definition) is 2. The molecular weight excluding hydrogens is 252 g/mol. The first-order valence-corrected chi connectivity index (χ1v) is 7.70. The quantitative estimate of drug-likeness (QED) is 0.842. The summed E-state index contributed by atoms with van der Waals surface area (Å²) >= 11 is 0. The lowest BCUT2D eigenvalue weighted by Gasteiger charge is -2.25. The Morgan fingerprint density at radius 3 is 2.61 bits per heavy atom. The maximum absolute atomic E-state index is 12.5. The van der Waals surface area contributed by atoms with Crippen molar-refractivity contribution >= 4 is 10.0 Å². The van der Waals surface area contributed by atoms with Crippen LogP contribution >= 0.6 is 0 Å². The van der Waals surface area contributed by atoms with E-state index in [0.717, 1.165) is 30.5 Å².